The highest BCUT2D eigenvalue weighted by atomic mass is 19.4. The van der Waals surface area contributed by atoms with Crippen molar-refractivity contribution < 1.29 is 22.8 Å². The molecule has 8 rings (SSSR count). The molecule has 60 heavy (non-hydrogen) atoms. The quantitative estimate of drug-likeness (QED) is 0.127. The number of nitrogens with zero attached hydrogens (tertiary/aromatic N) is 6. The van der Waals surface area contributed by atoms with Gasteiger partial charge in [-0.2, -0.15) is 13.2 Å². The summed E-state index contributed by atoms with van der Waals surface area (Å²) in [5.41, 5.74) is 4.66. The second-order valence-corrected chi connectivity index (χ2v) is 15.4. The van der Waals surface area contributed by atoms with Gasteiger partial charge in [-0.1, -0.05) is 78.9 Å². The Morgan fingerprint density at radius 3 is 2.12 bits per heavy atom. The van der Waals surface area contributed by atoms with E-state index in [0.29, 0.717) is 31.7 Å². The third-order valence-electron chi connectivity index (χ3n) is 11.5. The lowest BCUT2D eigenvalue weighted by molar-refractivity contribution is -0.145. The van der Waals surface area contributed by atoms with Crippen molar-refractivity contribution in [2.45, 2.75) is 31.7 Å². The maximum absolute atomic E-state index is 14.9. The molecule has 0 spiro atoms. The number of benzene rings is 4. The Morgan fingerprint density at radius 2 is 1.42 bits per heavy atom. The number of fused-ring (bicyclic) bond motifs is 1. The number of hydrogen-bond donors (Lipinski definition) is 1. The summed E-state index contributed by atoms with van der Waals surface area (Å²) in [6.07, 6.45) is 2.40. The van der Waals surface area contributed by atoms with Crippen LogP contribution in [0.15, 0.2) is 140 Å². The summed E-state index contributed by atoms with van der Waals surface area (Å²) < 4.78 is 40.0. The second kappa shape index (κ2) is 18.3. The van der Waals surface area contributed by atoms with E-state index in [2.05, 4.69) is 48.9 Å². The topological polar surface area (TPSA) is 79.0 Å². The molecule has 0 unspecified atom stereocenters. The van der Waals surface area contributed by atoms with Crippen LogP contribution >= 0.6 is 0 Å². The highest BCUT2D eigenvalue weighted by molar-refractivity contribution is 5.96. The van der Waals surface area contributed by atoms with Crippen molar-refractivity contribution in [2.75, 3.05) is 62.2 Å². The van der Waals surface area contributed by atoms with Crippen molar-refractivity contribution in [3.63, 3.8) is 0 Å². The van der Waals surface area contributed by atoms with Crippen LogP contribution in [0.25, 0.3) is 17.0 Å². The van der Waals surface area contributed by atoms with Crippen molar-refractivity contribution in [3.05, 3.63) is 168 Å². The number of carbonyl (C=O) groups is 2. The van der Waals surface area contributed by atoms with Crippen LogP contribution < -0.4 is 9.80 Å². The van der Waals surface area contributed by atoms with E-state index in [4.69, 9.17) is 0 Å². The zero-order chi connectivity index (χ0) is 41.5. The maximum Gasteiger partial charge on any atom is 0.416 e. The van der Waals surface area contributed by atoms with E-state index in [0.717, 1.165) is 78.4 Å². The Kier molecular flexibility index (Phi) is 12.3. The minimum absolute atomic E-state index is 0.140. The molecule has 308 valence electrons. The van der Waals surface area contributed by atoms with E-state index in [9.17, 15) is 22.8 Å². The molecule has 2 aliphatic heterocycles. The number of rotatable bonds is 12. The van der Waals surface area contributed by atoms with E-state index in [1.807, 2.05) is 90.1 Å². The molecule has 0 radical (unpaired) electrons. The SMILES string of the molecule is O=C([C@H](Cc1c[nH]c2ccccc12)N(Cc1ccc(N2CCN(c3ccccn3)CC2)cc1)C(=O)C=Cc1ccc(C(F)(F)F)cc1)N1CCN(Cc2ccccc2)CC1. The number of pyridine rings is 1. The fraction of sp³-hybridized carbons (Fsp3) is 0.271. The second-order valence-electron chi connectivity index (χ2n) is 15.4. The van der Waals surface area contributed by atoms with Crippen LogP contribution in [0, 0.1) is 0 Å². The first kappa shape index (κ1) is 40.4. The Balaban J connectivity index is 1.06. The van der Waals surface area contributed by atoms with Gasteiger partial charge >= 0.3 is 6.18 Å². The Hall–Kier alpha value is -6.40. The van der Waals surface area contributed by atoms with Gasteiger partial charge in [-0.3, -0.25) is 14.5 Å². The number of halogens is 3. The van der Waals surface area contributed by atoms with Crippen molar-refractivity contribution in [1.82, 2.24) is 24.7 Å². The molecule has 4 heterocycles. The smallest absolute Gasteiger partial charge is 0.368 e. The van der Waals surface area contributed by atoms with Crippen LogP contribution in [-0.4, -0.2) is 94.9 Å². The molecule has 6 aromatic rings. The number of nitrogens with one attached hydrogen (secondary N) is 1. The number of aromatic amines is 1. The Labute approximate surface area is 348 Å². The number of alkyl halides is 3. The summed E-state index contributed by atoms with van der Waals surface area (Å²) in [5, 5.41) is 0.975. The fourth-order valence-electron chi connectivity index (χ4n) is 8.15. The highest BCUT2D eigenvalue weighted by Crippen LogP contribution is 2.30. The fourth-order valence-corrected chi connectivity index (χ4v) is 8.15. The highest BCUT2D eigenvalue weighted by Gasteiger charge is 2.35. The Morgan fingerprint density at radius 1 is 0.733 bits per heavy atom. The third kappa shape index (κ3) is 9.72. The summed E-state index contributed by atoms with van der Waals surface area (Å²) in [5.74, 6) is 0.416. The van der Waals surface area contributed by atoms with Gasteiger partial charge in [-0.15, -0.1) is 0 Å². The van der Waals surface area contributed by atoms with Crippen LogP contribution in [0.4, 0.5) is 24.7 Å². The van der Waals surface area contributed by atoms with Gasteiger partial charge < -0.3 is 24.6 Å². The first-order valence-electron chi connectivity index (χ1n) is 20.4. The predicted molar refractivity (Wildman–Crippen MR) is 230 cm³/mol. The molecule has 2 saturated heterocycles. The molecule has 2 fully saturated rings. The molecule has 1 N–H and O–H groups in total. The first-order chi connectivity index (χ1) is 29.2. The lowest BCUT2D eigenvalue weighted by Crippen LogP contribution is -2.56. The van der Waals surface area contributed by atoms with Gasteiger partial charge in [0.25, 0.3) is 0 Å². The van der Waals surface area contributed by atoms with E-state index in [1.54, 1.807) is 4.90 Å². The van der Waals surface area contributed by atoms with Crippen molar-refractivity contribution in [1.29, 1.82) is 0 Å². The number of carbonyl (C=O) groups excluding carboxylic acids is 2. The molecule has 12 heteroatoms. The van der Waals surface area contributed by atoms with Crippen LogP contribution in [0.5, 0.6) is 0 Å². The first-order valence-corrected chi connectivity index (χ1v) is 20.4. The van der Waals surface area contributed by atoms with Crippen molar-refractivity contribution >= 4 is 40.3 Å². The maximum atomic E-state index is 14.9. The zero-order valence-corrected chi connectivity index (χ0v) is 33.3. The van der Waals surface area contributed by atoms with Gasteiger partial charge in [0, 0.05) is 107 Å². The third-order valence-corrected chi connectivity index (χ3v) is 11.5. The number of aromatic nitrogens is 2. The molecule has 1 atom stereocenters. The molecule has 0 aliphatic carbocycles. The number of amides is 2. The molecular formula is C48H48F3N7O2. The molecular weight excluding hydrogens is 764 g/mol. The van der Waals surface area contributed by atoms with E-state index in [1.165, 1.54) is 29.8 Å². The van der Waals surface area contributed by atoms with Gasteiger partial charge in [-0.25, -0.2) is 4.98 Å². The van der Waals surface area contributed by atoms with E-state index < -0.39 is 23.7 Å². The van der Waals surface area contributed by atoms with E-state index >= 15 is 0 Å². The van der Waals surface area contributed by atoms with Gasteiger partial charge in [0.05, 0.1) is 5.56 Å². The lowest BCUT2D eigenvalue weighted by atomic mass is 10.0. The van der Waals surface area contributed by atoms with Crippen LogP contribution in [0.3, 0.4) is 0 Å². The van der Waals surface area contributed by atoms with Crippen molar-refractivity contribution in [3.8, 4) is 0 Å². The zero-order valence-electron chi connectivity index (χ0n) is 33.3. The summed E-state index contributed by atoms with van der Waals surface area (Å²) in [4.78, 5) is 47.7. The predicted octanol–water partition coefficient (Wildman–Crippen LogP) is 7.91. The number of H-pyrrole nitrogens is 1. The van der Waals surface area contributed by atoms with Gasteiger partial charge in [-0.05, 0) is 70.8 Å². The monoisotopic (exact) mass is 811 g/mol. The van der Waals surface area contributed by atoms with Crippen LogP contribution in [0.2, 0.25) is 0 Å². The van der Waals surface area contributed by atoms with Crippen molar-refractivity contribution in [2.24, 2.45) is 0 Å². The number of hydrogen-bond acceptors (Lipinski definition) is 6. The van der Waals surface area contributed by atoms with Crippen LogP contribution in [0.1, 0.15) is 27.8 Å². The molecule has 4 aromatic carbocycles. The van der Waals surface area contributed by atoms with Gasteiger partial charge in [0.2, 0.25) is 11.8 Å². The summed E-state index contributed by atoms with van der Waals surface area (Å²) >= 11 is 0. The summed E-state index contributed by atoms with van der Waals surface area (Å²) in [6.45, 7) is 6.69. The molecule has 0 bridgehead atoms. The molecule has 2 amide bonds. The number of anilines is 2. The van der Waals surface area contributed by atoms with E-state index in [-0.39, 0.29) is 18.9 Å². The van der Waals surface area contributed by atoms with Gasteiger partial charge in [0.15, 0.2) is 0 Å². The number of piperazine rings is 2. The minimum atomic E-state index is -4.47. The van der Waals surface area contributed by atoms with Crippen LogP contribution in [-0.2, 0) is 35.3 Å². The molecule has 2 aliphatic rings. The minimum Gasteiger partial charge on any atom is -0.368 e. The molecule has 0 saturated carbocycles. The average molecular weight is 812 g/mol. The molecule has 2 aromatic heterocycles. The largest absolute Gasteiger partial charge is 0.416 e. The normalized spacial score (nSPS) is 15.8. The lowest BCUT2D eigenvalue weighted by Gasteiger charge is -2.39. The standard InChI is InChI=1S/C48H48F3N7O2/c49-48(50,51)40-18-13-36(14-19-40)17-22-46(59)58(35-38-15-20-41(21-16-38)55-28-30-56(31-29-55)45-12-6-7-23-52-45)44(32-39-33-53-43-11-5-4-10-42(39)43)47(60)57-26-24-54(25-27-57)34-37-8-2-1-3-9-37/h1-23,33,44,53H,24-32,34-35H2/t44-/m0/s1. The number of para-hydroxylation sites is 1. The van der Waals surface area contributed by atoms with Gasteiger partial charge in [0.1, 0.15) is 11.9 Å². The Bertz CT molecular complexity index is 2370. The summed E-state index contributed by atoms with van der Waals surface area (Å²) in [7, 11) is 0. The molecule has 9 nitrogen and oxygen atoms in total. The summed E-state index contributed by atoms with van der Waals surface area (Å²) in [6, 6.07) is 36.1. The average Bonchev–Trinajstić information content (AvgIpc) is 3.70.